The van der Waals surface area contributed by atoms with E-state index >= 15 is 0 Å². The van der Waals surface area contributed by atoms with Crippen molar-refractivity contribution in [2.75, 3.05) is 11.9 Å². The van der Waals surface area contributed by atoms with Crippen LogP contribution in [0.4, 0.5) is 5.69 Å². The van der Waals surface area contributed by atoms with E-state index in [2.05, 4.69) is 21.5 Å². The van der Waals surface area contributed by atoms with Crippen molar-refractivity contribution in [2.24, 2.45) is 0 Å². The number of ether oxygens (including phenoxy) is 1. The number of carbonyl (C=O) groups is 3. The van der Waals surface area contributed by atoms with E-state index in [0.717, 1.165) is 0 Å². The molecule has 0 fully saturated rings. The van der Waals surface area contributed by atoms with E-state index in [1.165, 1.54) is 0 Å². The second-order valence-electron chi connectivity index (χ2n) is 5.68. The average molecular weight is 435 g/mol. The first kappa shape index (κ1) is 22.1. The zero-order valence-corrected chi connectivity index (χ0v) is 17.0. The minimum absolute atomic E-state index is 0.0881. The van der Waals surface area contributed by atoms with Crippen LogP contribution < -0.4 is 26.2 Å². The van der Waals surface area contributed by atoms with Crippen LogP contribution in [0, 0.1) is 0 Å². The molecule has 0 unspecified atom stereocenters. The van der Waals surface area contributed by atoms with Crippen LogP contribution in [0.1, 0.15) is 23.7 Å². The standard InChI is InChI=1S/C19H19ClN4O4S/c1-2-16(25)21-14-7-3-12(4-8-14)18(27)23-24-19(29)22-17(26)11-28-15-9-5-13(20)6-10-15/h3-10H,2,11H2,1H3,(H,21,25)(H,23,27)(H2,22,24,26,29). The van der Waals surface area contributed by atoms with Crippen LogP contribution in [0.25, 0.3) is 0 Å². The minimum atomic E-state index is -0.497. The number of amides is 3. The van der Waals surface area contributed by atoms with E-state index in [0.29, 0.717) is 28.4 Å². The van der Waals surface area contributed by atoms with Gasteiger partial charge in [-0.05, 0) is 60.7 Å². The SMILES string of the molecule is CCC(=O)Nc1ccc(C(=O)NNC(=S)NC(=O)COc2ccc(Cl)cc2)cc1. The number of anilines is 1. The van der Waals surface area contributed by atoms with E-state index < -0.39 is 11.8 Å². The Morgan fingerprint density at radius 2 is 1.62 bits per heavy atom. The molecule has 0 aliphatic carbocycles. The molecule has 29 heavy (non-hydrogen) atoms. The number of hydrogen-bond donors (Lipinski definition) is 4. The van der Waals surface area contributed by atoms with Crippen LogP contribution in [-0.2, 0) is 9.59 Å². The fourth-order valence-corrected chi connectivity index (χ4v) is 2.30. The van der Waals surface area contributed by atoms with Gasteiger partial charge in [-0.25, -0.2) is 0 Å². The molecule has 4 N–H and O–H groups in total. The average Bonchev–Trinajstić information content (AvgIpc) is 2.72. The Hall–Kier alpha value is -3.17. The Bertz CT molecular complexity index is 888. The summed E-state index contributed by atoms with van der Waals surface area (Å²) in [5, 5.41) is 5.53. The lowest BCUT2D eigenvalue weighted by Gasteiger charge is -2.11. The molecule has 0 bridgehead atoms. The van der Waals surface area contributed by atoms with Gasteiger partial charge in [0.05, 0.1) is 0 Å². The number of carbonyl (C=O) groups excluding carboxylic acids is 3. The quantitative estimate of drug-likeness (QED) is 0.410. The molecule has 0 aliphatic rings. The highest BCUT2D eigenvalue weighted by Crippen LogP contribution is 2.15. The van der Waals surface area contributed by atoms with Crippen molar-refractivity contribution >= 4 is 52.3 Å². The molecule has 152 valence electrons. The van der Waals surface area contributed by atoms with Gasteiger partial charge in [0, 0.05) is 22.7 Å². The molecule has 2 rings (SSSR count). The fourth-order valence-electron chi connectivity index (χ4n) is 2.01. The summed E-state index contributed by atoms with van der Waals surface area (Å²) in [6.45, 7) is 1.48. The lowest BCUT2D eigenvalue weighted by Crippen LogP contribution is -2.49. The minimum Gasteiger partial charge on any atom is -0.484 e. The molecule has 8 nitrogen and oxygen atoms in total. The number of benzene rings is 2. The predicted molar refractivity (Wildman–Crippen MR) is 114 cm³/mol. The van der Waals surface area contributed by atoms with Gasteiger partial charge in [-0.1, -0.05) is 18.5 Å². The summed E-state index contributed by atoms with van der Waals surface area (Å²) in [5.74, 6) is -0.601. The van der Waals surface area contributed by atoms with Gasteiger partial charge in [0.1, 0.15) is 5.75 Å². The van der Waals surface area contributed by atoms with Gasteiger partial charge in [-0.3, -0.25) is 30.6 Å². The highest BCUT2D eigenvalue weighted by molar-refractivity contribution is 7.80. The summed E-state index contributed by atoms with van der Waals surface area (Å²) >= 11 is 10.7. The van der Waals surface area contributed by atoms with Gasteiger partial charge in [-0.15, -0.1) is 0 Å². The molecule has 3 amide bonds. The molecule has 0 saturated carbocycles. The maximum atomic E-state index is 12.1. The summed E-state index contributed by atoms with van der Waals surface area (Å²) in [6.07, 6.45) is 0.361. The molecule has 2 aromatic rings. The van der Waals surface area contributed by atoms with Crippen molar-refractivity contribution in [1.82, 2.24) is 16.2 Å². The fraction of sp³-hybridized carbons (Fsp3) is 0.158. The topological polar surface area (TPSA) is 109 Å². The van der Waals surface area contributed by atoms with Gasteiger partial charge < -0.3 is 10.1 Å². The summed E-state index contributed by atoms with van der Waals surface area (Å²) in [6, 6.07) is 12.8. The number of hydrogen-bond acceptors (Lipinski definition) is 5. The molecule has 2 aromatic carbocycles. The first-order chi connectivity index (χ1) is 13.9. The second kappa shape index (κ2) is 11.0. The Balaban J connectivity index is 1.73. The van der Waals surface area contributed by atoms with Crippen LogP contribution in [0.3, 0.4) is 0 Å². The summed E-state index contributed by atoms with van der Waals surface area (Å²) in [5.41, 5.74) is 5.73. The maximum Gasteiger partial charge on any atom is 0.269 e. The number of halogens is 1. The van der Waals surface area contributed by atoms with E-state index in [1.807, 2.05) is 0 Å². The normalized spacial score (nSPS) is 9.86. The van der Waals surface area contributed by atoms with Crippen LogP contribution in [0.5, 0.6) is 5.75 Å². The van der Waals surface area contributed by atoms with Gasteiger partial charge in [0.25, 0.3) is 11.8 Å². The molecular formula is C19H19ClN4O4S. The van der Waals surface area contributed by atoms with Gasteiger partial charge in [0.15, 0.2) is 11.7 Å². The molecule has 0 saturated heterocycles. The van der Waals surface area contributed by atoms with E-state index in [9.17, 15) is 14.4 Å². The van der Waals surface area contributed by atoms with Crippen molar-refractivity contribution in [1.29, 1.82) is 0 Å². The zero-order valence-electron chi connectivity index (χ0n) is 15.5. The molecule has 0 atom stereocenters. The monoisotopic (exact) mass is 434 g/mol. The molecule has 0 heterocycles. The van der Waals surface area contributed by atoms with Crippen LogP contribution in [-0.4, -0.2) is 29.4 Å². The molecule has 0 aromatic heterocycles. The number of nitrogens with one attached hydrogen (secondary N) is 4. The Morgan fingerprint density at radius 3 is 2.24 bits per heavy atom. The van der Waals surface area contributed by atoms with E-state index in [-0.39, 0.29) is 17.6 Å². The van der Waals surface area contributed by atoms with Crippen LogP contribution in [0.15, 0.2) is 48.5 Å². The highest BCUT2D eigenvalue weighted by Gasteiger charge is 2.09. The third-order valence-electron chi connectivity index (χ3n) is 3.48. The van der Waals surface area contributed by atoms with Crippen LogP contribution in [0.2, 0.25) is 5.02 Å². The van der Waals surface area contributed by atoms with E-state index in [1.54, 1.807) is 55.5 Å². The molecule has 10 heteroatoms. The number of thiocarbonyl (C=S) groups is 1. The molecule has 0 aliphatic heterocycles. The highest BCUT2D eigenvalue weighted by atomic mass is 35.5. The number of rotatable bonds is 6. The zero-order chi connectivity index (χ0) is 21.2. The molecule has 0 radical (unpaired) electrons. The van der Waals surface area contributed by atoms with Gasteiger partial charge in [-0.2, -0.15) is 0 Å². The molecule has 0 spiro atoms. The van der Waals surface area contributed by atoms with Crippen molar-refractivity contribution in [3.05, 3.63) is 59.1 Å². The first-order valence-electron chi connectivity index (χ1n) is 8.56. The first-order valence-corrected chi connectivity index (χ1v) is 9.34. The number of hydrazine groups is 1. The summed E-state index contributed by atoms with van der Waals surface area (Å²) < 4.78 is 5.29. The van der Waals surface area contributed by atoms with Crippen molar-refractivity contribution < 1.29 is 19.1 Å². The van der Waals surface area contributed by atoms with Gasteiger partial charge in [0.2, 0.25) is 5.91 Å². The lowest BCUT2D eigenvalue weighted by atomic mass is 10.2. The summed E-state index contributed by atoms with van der Waals surface area (Å²) in [4.78, 5) is 35.3. The third kappa shape index (κ3) is 7.76. The Kier molecular flexibility index (Phi) is 8.38. The van der Waals surface area contributed by atoms with Crippen molar-refractivity contribution in [3.63, 3.8) is 0 Å². The molecular weight excluding hydrogens is 416 g/mol. The second-order valence-corrected chi connectivity index (χ2v) is 6.52. The Labute approximate surface area is 177 Å². The summed E-state index contributed by atoms with van der Waals surface area (Å²) in [7, 11) is 0. The third-order valence-corrected chi connectivity index (χ3v) is 3.93. The van der Waals surface area contributed by atoms with Crippen molar-refractivity contribution in [2.45, 2.75) is 13.3 Å². The van der Waals surface area contributed by atoms with Gasteiger partial charge >= 0.3 is 0 Å². The smallest absolute Gasteiger partial charge is 0.269 e. The largest absolute Gasteiger partial charge is 0.484 e. The maximum absolute atomic E-state index is 12.1. The van der Waals surface area contributed by atoms with E-state index in [4.69, 9.17) is 28.6 Å². The lowest BCUT2D eigenvalue weighted by molar-refractivity contribution is -0.121. The predicted octanol–water partition coefficient (Wildman–Crippen LogP) is 2.40. The van der Waals surface area contributed by atoms with Crippen LogP contribution >= 0.6 is 23.8 Å². The Morgan fingerprint density at radius 1 is 0.966 bits per heavy atom. The van der Waals surface area contributed by atoms with Crippen molar-refractivity contribution in [3.8, 4) is 5.75 Å².